The Bertz CT molecular complexity index is 190. The average Bonchev–Trinajstić information content (AvgIpc) is 2.14. The topological polar surface area (TPSA) is 65.0 Å². The van der Waals surface area contributed by atoms with Crippen molar-refractivity contribution in [3.8, 4) is 0 Å². The molecule has 5 heteroatoms. The molecule has 0 spiro atoms. The van der Waals surface area contributed by atoms with Crippen molar-refractivity contribution in [2.75, 3.05) is 26.9 Å². The minimum atomic E-state index is -1.12. The third-order valence-corrected chi connectivity index (χ3v) is 1.30. The average molecular weight is 204 g/mol. The quantitative estimate of drug-likeness (QED) is 0.275. The lowest BCUT2D eigenvalue weighted by Gasteiger charge is -2.11. The van der Waals surface area contributed by atoms with E-state index in [9.17, 15) is 4.79 Å². The zero-order valence-electron chi connectivity index (χ0n) is 8.49. The first kappa shape index (κ1) is 13.1. The van der Waals surface area contributed by atoms with E-state index in [-0.39, 0.29) is 18.8 Å². The second-order valence-electron chi connectivity index (χ2n) is 2.70. The number of aliphatic hydroxyl groups is 1. The molecule has 0 heterocycles. The molecule has 0 aromatic carbocycles. The Hall–Kier alpha value is -0.910. The Labute approximate surface area is 83.3 Å². The third-order valence-electron chi connectivity index (χ3n) is 1.30. The van der Waals surface area contributed by atoms with E-state index in [0.29, 0.717) is 6.61 Å². The van der Waals surface area contributed by atoms with Gasteiger partial charge in [0.05, 0.1) is 13.2 Å². The molecule has 0 saturated carbocycles. The van der Waals surface area contributed by atoms with Gasteiger partial charge in [-0.05, 0) is 6.92 Å². The van der Waals surface area contributed by atoms with E-state index in [0.717, 1.165) is 0 Å². The minimum absolute atomic E-state index is 0.199. The smallest absolute Gasteiger partial charge is 0.333 e. The molecule has 82 valence electrons. The Morgan fingerprint density at radius 3 is 2.64 bits per heavy atom. The van der Waals surface area contributed by atoms with Crippen molar-refractivity contribution in [3.63, 3.8) is 0 Å². The number of hydrogen-bond acceptors (Lipinski definition) is 5. The van der Waals surface area contributed by atoms with Crippen LogP contribution in [-0.4, -0.2) is 44.3 Å². The van der Waals surface area contributed by atoms with Crippen LogP contribution in [-0.2, 0) is 19.0 Å². The third kappa shape index (κ3) is 6.59. The van der Waals surface area contributed by atoms with Crippen LogP contribution < -0.4 is 0 Å². The molecule has 1 atom stereocenters. The summed E-state index contributed by atoms with van der Waals surface area (Å²) in [6.45, 7) is 5.35. The Balaban J connectivity index is 3.48. The largest absolute Gasteiger partial charge is 0.457 e. The lowest BCUT2D eigenvalue weighted by Crippen LogP contribution is -2.23. The zero-order valence-corrected chi connectivity index (χ0v) is 8.49. The molecule has 0 aliphatic heterocycles. The molecule has 14 heavy (non-hydrogen) atoms. The lowest BCUT2D eigenvalue weighted by atomic mass is 10.4. The number of ether oxygens (including phenoxy) is 3. The van der Waals surface area contributed by atoms with E-state index in [1.165, 1.54) is 14.0 Å². The van der Waals surface area contributed by atoms with Gasteiger partial charge in [0.1, 0.15) is 6.61 Å². The summed E-state index contributed by atoms with van der Waals surface area (Å²) >= 11 is 0. The van der Waals surface area contributed by atoms with Gasteiger partial charge in [0.2, 0.25) is 0 Å². The van der Waals surface area contributed by atoms with Gasteiger partial charge in [0.25, 0.3) is 0 Å². The molecular weight excluding hydrogens is 188 g/mol. The highest BCUT2D eigenvalue weighted by Crippen LogP contribution is 1.95. The number of hydrogen-bond donors (Lipinski definition) is 1. The molecule has 5 nitrogen and oxygen atoms in total. The molecule has 0 saturated heterocycles. The van der Waals surface area contributed by atoms with Crippen molar-refractivity contribution >= 4 is 5.97 Å². The second kappa shape index (κ2) is 7.49. The number of carbonyl (C=O) groups is 1. The van der Waals surface area contributed by atoms with Crippen molar-refractivity contribution in [1.82, 2.24) is 0 Å². The van der Waals surface area contributed by atoms with E-state index in [2.05, 4.69) is 11.3 Å². The van der Waals surface area contributed by atoms with Gasteiger partial charge in [-0.2, -0.15) is 0 Å². The number of carbonyl (C=O) groups excluding carboxylic acids is 1. The SMILES string of the molecule is C=C(C)C(=O)OCC(O)OCCOC. The summed E-state index contributed by atoms with van der Waals surface area (Å²) in [5.41, 5.74) is 0.286. The van der Waals surface area contributed by atoms with Crippen LogP contribution in [0.25, 0.3) is 0 Å². The molecule has 0 amide bonds. The van der Waals surface area contributed by atoms with E-state index in [1.807, 2.05) is 0 Å². The van der Waals surface area contributed by atoms with Gasteiger partial charge < -0.3 is 19.3 Å². The van der Waals surface area contributed by atoms with Crippen molar-refractivity contribution in [2.24, 2.45) is 0 Å². The highest BCUT2D eigenvalue weighted by molar-refractivity contribution is 5.86. The van der Waals surface area contributed by atoms with Crippen molar-refractivity contribution in [1.29, 1.82) is 0 Å². The van der Waals surface area contributed by atoms with Gasteiger partial charge in [0, 0.05) is 12.7 Å². The fourth-order valence-electron chi connectivity index (χ4n) is 0.586. The summed E-state index contributed by atoms with van der Waals surface area (Å²) in [6.07, 6.45) is -1.12. The first-order chi connectivity index (χ1) is 6.57. The van der Waals surface area contributed by atoms with E-state index >= 15 is 0 Å². The first-order valence-corrected chi connectivity index (χ1v) is 4.19. The van der Waals surface area contributed by atoms with Crippen LogP contribution in [0, 0.1) is 0 Å². The standard InChI is InChI=1S/C9H16O5/c1-7(2)9(11)14-6-8(10)13-5-4-12-3/h8,10H,1,4-6H2,2-3H3. The van der Waals surface area contributed by atoms with Gasteiger partial charge >= 0.3 is 5.97 Å². The van der Waals surface area contributed by atoms with Gasteiger partial charge in [-0.1, -0.05) is 6.58 Å². The molecule has 0 bridgehead atoms. The summed E-state index contributed by atoms with van der Waals surface area (Å²) in [7, 11) is 1.52. The summed E-state index contributed by atoms with van der Waals surface area (Å²) in [5, 5.41) is 9.12. The zero-order chi connectivity index (χ0) is 11.0. The number of aliphatic hydroxyl groups excluding tert-OH is 1. The van der Waals surface area contributed by atoms with Gasteiger partial charge in [0.15, 0.2) is 6.29 Å². The normalized spacial score (nSPS) is 12.2. The Morgan fingerprint density at radius 1 is 1.50 bits per heavy atom. The highest BCUT2D eigenvalue weighted by Gasteiger charge is 2.08. The molecule has 1 unspecified atom stereocenters. The predicted octanol–water partition coefficient (Wildman–Crippen LogP) is 0.0871. The fourth-order valence-corrected chi connectivity index (χ4v) is 0.586. The number of esters is 1. The van der Waals surface area contributed by atoms with Crippen LogP contribution in [0.1, 0.15) is 6.92 Å². The number of rotatable bonds is 7. The lowest BCUT2D eigenvalue weighted by molar-refractivity contribution is -0.164. The van der Waals surface area contributed by atoms with E-state index < -0.39 is 12.3 Å². The molecule has 0 aliphatic carbocycles. The van der Waals surface area contributed by atoms with Crippen LogP contribution in [0.15, 0.2) is 12.2 Å². The Morgan fingerprint density at radius 2 is 2.14 bits per heavy atom. The molecule has 0 aromatic heterocycles. The molecular formula is C9H16O5. The van der Waals surface area contributed by atoms with Crippen LogP contribution in [0.5, 0.6) is 0 Å². The predicted molar refractivity (Wildman–Crippen MR) is 49.6 cm³/mol. The van der Waals surface area contributed by atoms with E-state index in [4.69, 9.17) is 14.6 Å². The van der Waals surface area contributed by atoms with Crippen molar-refractivity contribution < 1.29 is 24.1 Å². The highest BCUT2D eigenvalue weighted by atomic mass is 16.6. The number of methoxy groups -OCH3 is 1. The van der Waals surface area contributed by atoms with E-state index in [1.54, 1.807) is 0 Å². The van der Waals surface area contributed by atoms with Crippen LogP contribution in [0.4, 0.5) is 0 Å². The maximum atomic E-state index is 10.9. The maximum Gasteiger partial charge on any atom is 0.333 e. The molecule has 0 aromatic rings. The summed E-state index contributed by atoms with van der Waals surface area (Å²) in [6, 6.07) is 0. The summed E-state index contributed by atoms with van der Waals surface area (Å²) in [4.78, 5) is 10.9. The summed E-state index contributed by atoms with van der Waals surface area (Å²) in [5.74, 6) is -0.542. The fraction of sp³-hybridized carbons (Fsp3) is 0.667. The molecule has 0 aliphatic rings. The van der Waals surface area contributed by atoms with Gasteiger partial charge in [-0.25, -0.2) is 4.79 Å². The van der Waals surface area contributed by atoms with Crippen LogP contribution in [0.3, 0.4) is 0 Å². The van der Waals surface area contributed by atoms with Gasteiger partial charge in [-0.3, -0.25) is 0 Å². The maximum absolute atomic E-state index is 10.9. The van der Waals surface area contributed by atoms with Crippen LogP contribution >= 0.6 is 0 Å². The van der Waals surface area contributed by atoms with Crippen LogP contribution in [0.2, 0.25) is 0 Å². The van der Waals surface area contributed by atoms with Crippen molar-refractivity contribution in [2.45, 2.75) is 13.2 Å². The minimum Gasteiger partial charge on any atom is -0.457 e. The van der Waals surface area contributed by atoms with Gasteiger partial charge in [-0.15, -0.1) is 0 Å². The Kier molecular flexibility index (Phi) is 7.00. The molecule has 1 N–H and O–H groups in total. The molecule has 0 radical (unpaired) electrons. The molecule has 0 fully saturated rings. The van der Waals surface area contributed by atoms with Crippen molar-refractivity contribution in [3.05, 3.63) is 12.2 Å². The first-order valence-electron chi connectivity index (χ1n) is 4.19. The monoisotopic (exact) mass is 204 g/mol. The summed E-state index contributed by atoms with van der Waals surface area (Å²) < 4.78 is 14.2. The molecule has 0 rings (SSSR count). The second-order valence-corrected chi connectivity index (χ2v) is 2.70.